The normalized spacial score (nSPS) is 18.6. The minimum atomic E-state index is -0.211. The van der Waals surface area contributed by atoms with Gasteiger partial charge in [-0.05, 0) is 57.7 Å². The van der Waals surface area contributed by atoms with Crippen molar-refractivity contribution in [3.8, 4) is 0 Å². The number of carbonyl (C=O) groups is 1. The van der Waals surface area contributed by atoms with E-state index in [2.05, 4.69) is 5.32 Å². The number of nitrogens with one attached hydrogen (secondary N) is 1. The SMILES string of the molecule is Cc1cccn2c(=O)c(C=C3SC(=S)N(C4CCCCC4)C3=O)c(NCCCOC(C)C)nc12. The second-order valence-electron chi connectivity index (χ2n) is 9.11. The predicted octanol–water partition coefficient (Wildman–Crippen LogP) is 4.76. The number of hydrogen-bond acceptors (Lipinski definition) is 7. The van der Waals surface area contributed by atoms with E-state index in [0.29, 0.717) is 39.4 Å². The number of hydrogen-bond donors (Lipinski definition) is 1. The second kappa shape index (κ2) is 11.0. The summed E-state index contributed by atoms with van der Waals surface area (Å²) in [6.45, 7) is 7.15. The zero-order valence-corrected chi connectivity index (χ0v) is 21.6. The molecule has 0 spiro atoms. The van der Waals surface area contributed by atoms with Crippen molar-refractivity contribution in [3.63, 3.8) is 0 Å². The van der Waals surface area contributed by atoms with E-state index in [1.165, 1.54) is 22.6 Å². The van der Waals surface area contributed by atoms with Crippen molar-refractivity contribution in [2.24, 2.45) is 0 Å². The smallest absolute Gasteiger partial charge is 0.267 e. The molecule has 0 radical (unpaired) electrons. The lowest BCUT2D eigenvalue weighted by atomic mass is 9.94. The van der Waals surface area contributed by atoms with Crippen LogP contribution in [0.2, 0.25) is 0 Å². The minimum Gasteiger partial charge on any atom is -0.379 e. The third-order valence-electron chi connectivity index (χ3n) is 6.19. The molecule has 9 heteroatoms. The Bertz CT molecular complexity index is 1170. The summed E-state index contributed by atoms with van der Waals surface area (Å²) < 4.78 is 7.73. The molecule has 1 saturated carbocycles. The summed E-state index contributed by atoms with van der Waals surface area (Å²) in [5, 5.41) is 3.31. The lowest BCUT2D eigenvalue weighted by molar-refractivity contribution is -0.124. The molecule has 0 aromatic carbocycles. The quantitative estimate of drug-likeness (QED) is 0.318. The van der Waals surface area contributed by atoms with Crippen LogP contribution in [0.3, 0.4) is 0 Å². The second-order valence-corrected chi connectivity index (χ2v) is 10.8. The van der Waals surface area contributed by atoms with Gasteiger partial charge in [0.25, 0.3) is 11.5 Å². The molecule has 2 aromatic heterocycles. The molecule has 2 aliphatic rings. The number of thioether (sulfide) groups is 1. The van der Waals surface area contributed by atoms with Gasteiger partial charge in [-0.25, -0.2) is 4.98 Å². The number of nitrogens with zero attached hydrogens (tertiary/aromatic N) is 3. The van der Waals surface area contributed by atoms with Gasteiger partial charge in [-0.15, -0.1) is 0 Å². The van der Waals surface area contributed by atoms with Gasteiger partial charge < -0.3 is 10.1 Å². The van der Waals surface area contributed by atoms with Gasteiger partial charge in [0.15, 0.2) is 0 Å². The van der Waals surface area contributed by atoms with Crippen molar-refractivity contribution >= 4 is 51.7 Å². The number of amides is 1. The van der Waals surface area contributed by atoms with Gasteiger partial charge in [0, 0.05) is 25.4 Å². The fraction of sp³-hybridized carbons (Fsp3) is 0.520. The van der Waals surface area contributed by atoms with Gasteiger partial charge in [0.2, 0.25) is 0 Å². The Morgan fingerprint density at radius 3 is 2.79 bits per heavy atom. The molecule has 1 aliphatic carbocycles. The monoisotopic (exact) mass is 500 g/mol. The molecule has 182 valence electrons. The molecule has 1 saturated heterocycles. The van der Waals surface area contributed by atoms with Crippen LogP contribution >= 0.6 is 24.0 Å². The number of pyridine rings is 1. The molecule has 0 bridgehead atoms. The lowest BCUT2D eigenvalue weighted by Crippen LogP contribution is -2.39. The Morgan fingerprint density at radius 1 is 1.29 bits per heavy atom. The van der Waals surface area contributed by atoms with Crippen LogP contribution in [-0.2, 0) is 9.53 Å². The van der Waals surface area contributed by atoms with Gasteiger partial charge in [0.05, 0.1) is 16.6 Å². The Labute approximate surface area is 210 Å². The van der Waals surface area contributed by atoms with E-state index in [1.807, 2.05) is 32.9 Å². The van der Waals surface area contributed by atoms with Crippen molar-refractivity contribution in [2.45, 2.75) is 71.4 Å². The Balaban J connectivity index is 1.67. The number of aromatic nitrogens is 2. The topological polar surface area (TPSA) is 75.9 Å². The van der Waals surface area contributed by atoms with E-state index in [4.69, 9.17) is 21.9 Å². The van der Waals surface area contributed by atoms with E-state index >= 15 is 0 Å². The average Bonchev–Trinajstić information content (AvgIpc) is 3.09. The summed E-state index contributed by atoms with van der Waals surface area (Å²) in [6.07, 6.45) is 9.71. The van der Waals surface area contributed by atoms with Crippen molar-refractivity contribution in [3.05, 3.63) is 44.7 Å². The molecule has 7 nitrogen and oxygen atoms in total. The maximum atomic E-state index is 13.5. The van der Waals surface area contributed by atoms with E-state index in [1.54, 1.807) is 17.2 Å². The summed E-state index contributed by atoms with van der Waals surface area (Å²) in [4.78, 5) is 33.8. The molecule has 1 N–H and O–H groups in total. The average molecular weight is 501 g/mol. The summed E-state index contributed by atoms with van der Waals surface area (Å²) in [7, 11) is 0. The highest BCUT2D eigenvalue weighted by Crippen LogP contribution is 2.37. The van der Waals surface area contributed by atoms with E-state index in [0.717, 1.165) is 37.7 Å². The van der Waals surface area contributed by atoms with Crippen LogP contribution in [0.25, 0.3) is 11.7 Å². The van der Waals surface area contributed by atoms with Crippen LogP contribution in [-0.4, -0.2) is 49.8 Å². The number of ether oxygens (including phenoxy) is 1. The van der Waals surface area contributed by atoms with Crippen molar-refractivity contribution in [2.75, 3.05) is 18.5 Å². The van der Waals surface area contributed by atoms with E-state index in [-0.39, 0.29) is 23.6 Å². The molecule has 1 amide bonds. The molecular weight excluding hydrogens is 468 g/mol. The first-order valence-corrected chi connectivity index (χ1v) is 13.2. The molecule has 1 aliphatic heterocycles. The van der Waals surface area contributed by atoms with Gasteiger partial charge in [-0.3, -0.25) is 18.9 Å². The van der Waals surface area contributed by atoms with Crippen molar-refractivity contribution in [1.82, 2.24) is 14.3 Å². The van der Waals surface area contributed by atoms with Crippen LogP contribution in [0, 0.1) is 6.92 Å². The van der Waals surface area contributed by atoms with Crippen LogP contribution in [0.5, 0.6) is 0 Å². The molecule has 0 atom stereocenters. The highest BCUT2D eigenvalue weighted by atomic mass is 32.2. The standard InChI is InChI=1S/C25H32N4O3S2/c1-16(2)32-14-8-12-26-21-19(23(30)28-13-7-9-17(3)22(28)27-21)15-20-24(31)29(25(33)34-20)18-10-5-4-6-11-18/h7,9,13,15-16,18,26H,4-6,8,10-12,14H2,1-3H3. The third-order valence-corrected chi connectivity index (χ3v) is 7.52. The first-order valence-electron chi connectivity index (χ1n) is 12.0. The van der Waals surface area contributed by atoms with Gasteiger partial charge in [-0.1, -0.05) is 49.3 Å². The minimum absolute atomic E-state index is 0.105. The zero-order chi connectivity index (χ0) is 24.2. The summed E-state index contributed by atoms with van der Waals surface area (Å²) >= 11 is 6.85. The predicted molar refractivity (Wildman–Crippen MR) is 142 cm³/mol. The summed E-state index contributed by atoms with van der Waals surface area (Å²) in [5.74, 6) is 0.374. The molecule has 4 rings (SSSR count). The Morgan fingerprint density at radius 2 is 2.06 bits per heavy atom. The highest BCUT2D eigenvalue weighted by molar-refractivity contribution is 8.26. The number of aryl methyl sites for hydroxylation is 1. The fourth-order valence-electron chi connectivity index (χ4n) is 4.44. The van der Waals surface area contributed by atoms with Crippen molar-refractivity contribution in [1.29, 1.82) is 0 Å². The number of thiocarbonyl (C=S) groups is 1. The molecule has 3 heterocycles. The number of fused-ring (bicyclic) bond motifs is 1. The fourth-order valence-corrected chi connectivity index (χ4v) is 5.82. The maximum absolute atomic E-state index is 13.5. The molecule has 2 fully saturated rings. The lowest BCUT2D eigenvalue weighted by Gasteiger charge is -2.29. The summed E-state index contributed by atoms with van der Waals surface area (Å²) in [5.41, 5.74) is 1.66. The van der Waals surface area contributed by atoms with Crippen LogP contribution in [0.15, 0.2) is 28.0 Å². The van der Waals surface area contributed by atoms with Crippen LogP contribution in [0.1, 0.15) is 63.5 Å². The molecule has 2 aromatic rings. The van der Waals surface area contributed by atoms with E-state index in [9.17, 15) is 9.59 Å². The van der Waals surface area contributed by atoms with Gasteiger partial charge in [0.1, 0.15) is 15.8 Å². The highest BCUT2D eigenvalue weighted by Gasteiger charge is 2.37. The Hall–Kier alpha value is -2.23. The zero-order valence-electron chi connectivity index (χ0n) is 20.0. The van der Waals surface area contributed by atoms with Crippen LogP contribution < -0.4 is 10.9 Å². The largest absolute Gasteiger partial charge is 0.379 e. The molecule has 0 unspecified atom stereocenters. The summed E-state index contributed by atoms with van der Waals surface area (Å²) in [6, 6.07) is 3.91. The molecule has 34 heavy (non-hydrogen) atoms. The number of rotatable bonds is 8. The van der Waals surface area contributed by atoms with Crippen molar-refractivity contribution < 1.29 is 9.53 Å². The van der Waals surface area contributed by atoms with Gasteiger partial charge >= 0.3 is 0 Å². The first-order chi connectivity index (χ1) is 16.4. The van der Waals surface area contributed by atoms with Gasteiger partial charge in [-0.2, -0.15) is 0 Å². The van der Waals surface area contributed by atoms with E-state index < -0.39 is 0 Å². The Kier molecular flexibility index (Phi) is 8.06. The maximum Gasteiger partial charge on any atom is 0.267 e. The number of anilines is 1. The van der Waals surface area contributed by atoms with Crippen LogP contribution in [0.4, 0.5) is 5.82 Å². The third kappa shape index (κ3) is 5.37. The number of carbonyl (C=O) groups excluding carboxylic acids is 1. The molecular formula is C25H32N4O3S2. The first kappa shape index (κ1) is 24.9.